The maximum absolute atomic E-state index is 12.4. The standard InChI is InChI=1S/C21H19N5O2S/c1-15(18-8-5-13-28-18)23-19(27)14-29-21-25-24-20(16-9-11-22-12-10-16)26(21)17-6-3-2-4-7-17/h2-13,15H,14H2,1H3,(H,23,27)/t15-/m1/s1. The van der Waals surface area contributed by atoms with Crippen molar-refractivity contribution < 1.29 is 9.21 Å². The van der Waals surface area contributed by atoms with E-state index in [1.807, 2.05) is 60.0 Å². The van der Waals surface area contributed by atoms with Gasteiger partial charge >= 0.3 is 0 Å². The molecule has 1 N–H and O–H groups in total. The second-order valence-corrected chi connectivity index (χ2v) is 7.25. The Kier molecular flexibility index (Phi) is 5.71. The number of aromatic nitrogens is 4. The fourth-order valence-electron chi connectivity index (χ4n) is 2.88. The van der Waals surface area contributed by atoms with E-state index in [1.54, 1.807) is 24.7 Å². The highest BCUT2D eigenvalue weighted by Gasteiger charge is 2.18. The van der Waals surface area contributed by atoms with Gasteiger partial charge in [0.05, 0.1) is 18.1 Å². The molecule has 0 radical (unpaired) electrons. The molecule has 0 bridgehead atoms. The number of hydrogen-bond donors (Lipinski definition) is 1. The SMILES string of the molecule is C[C@@H](NC(=O)CSc1nnc(-c2ccncc2)n1-c1ccccc1)c1ccco1. The predicted octanol–water partition coefficient (Wildman–Crippen LogP) is 3.89. The summed E-state index contributed by atoms with van der Waals surface area (Å²) >= 11 is 1.34. The van der Waals surface area contributed by atoms with Crippen molar-refractivity contribution in [1.82, 2.24) is 25.1 Å². The number of carbonyl (C=O) groups is 1. The predicted molar refractivity (Wildman–Crippen MR) is 111 cm³/mol. The minimum Gasteiger partial charge on any atom is -0.467 e. The summed E-state index contributed by atoms with van der Waals surface area (Å²) < 4.78 is 7.28. The van der Waals surface area contributed by atoms with Crippen LogP contribution < -0.4 is 5.32 Å². The molecule has 0 aliphatic rings. The Hall–Kier alpha value is -3.39. The van der Waals surface area contributed by atoms with E-state index < -0.39 is 0 Å². The van der Waals surface area contributed by atoms with E-state index in [-0.39, 0.29) is 17.7 Å². The van der Waals surface area contributed by atoms with Gasteiger partial charge in [-0.2, -0.15) is 0 Å². The van der Waals surface area contributed by atoms with Gasteiger partial charge in [-0.15, -0.1) is 10.2 Å². The highest BCUT2D eigenvalue weighted by atomic mass is 32.2. The Morgan fingerprint density at radius 1 is 1.10 bits per heavy atom. The minimum atomic E-state index is -0.197. The number of nitrogens with one attached hydrogen (secondary N) is 1. The topological polar surface area (TPSA) is 85.8 Å². The van der Waals surface area contributed by atoms with Crippen LogP contribution in [0.15, 0.2) is 82.8 Å². The van der Waals surface area contributed by atoms with Gasteiger partial charge in [0, 0.05) is 23.6 Å². The van der Waals surface area contributed by atoms with Crippen molar-refractivity contribution in [1.29, 1.82) is 0 Å². The first kappa shape index (κ1) is 18.9. The highest BCUT2D eigenvalue weighted by Crippen LogP contribution is 2.27. The second kappa shape index (κ2) is 8.74. The molecule has 1 amide bonds. The van der Waals surface area contributed by atoms with Crippen molar-refractivity contribution >= 4 is 17.7 Å². The molecule has 0 saturated heterocycles. The maximum atomic E-state index is 12.4. The number of benzene rings is 1. The molecule has 1 atom stereocenters. The monoisotopic (exact) mass is 405 g/mol. The van der Waals surface area contributed by atoms with E-state index in [9.17, 15) is 4.79 Å². The van der Waals surface area contributed by atoms with Crippen LogP contribution in [0.3, 0.4) is 0 Å². The number of amides is 1. The minimum absolute atomic E-state index is 0.105. The first-order chi connectivity index (χ1) is 14.2. The Morgan fingerprint density at radius 3 is 2.62 bits per heavy atom. The zero-order chi connectivity index (χ0) is 20.1. The summed E-state index contributed by atoms with van der Waals surface area (Å²) in [5.74, 6) is 1.53. The van der Waals surface area contributed by atoms with Crippen LogP contribution in [-0.2, 0) is 4.79 Å². The van der Waals surface area contributed by atoms with E-state index in [1.165, 1.54) is 11.8 Å². The first-order valence-corrected chi connectivity index (χ1v) is 10.1. The third kappa shape index (κ3) is 4.38. The lowest BCUT2D eigenvalue weighted by Crippen LogP contribution is -2.28. The number of nitrogens with zero attached hydrogens (tertiary/aromatic N) is 4. The molecule has 3 heterocycles. The first-order valence-electron chi connectivity index (χ1n) is 9.09. The summed E-state index contributed by atoms with van der Waals surface area (Å²) in [6.45, 7) is 1.88. The van der Waals surface area contributed by atoms with Gasteiger partial charge in [-0.1, -0.05) is 30.0 Å². The van der Waals surface area contributed by atoms with Crippen LogP contribution in [0.1, 0.15) is 18.7 Å². The summed E-state index contributed by atoms with van der Waals surface area (Å²) in [4.78, 5) is 16.5. The van der Waals surface area contributed by atoms with Crippen molar-refractivity contribution in [2.75, 3.05) is 5.75 Å². The molecule has 4 rings (SSSR count). The molecular formula is C21H19N5O2S. The quantitative estimate of drug-likeness (QED) is 0.470. The number of furan rings is 1. The fourth-order valence-corrected chi connectivity index (χ4v) is 3.65. The smallest absolute Gasteiger partial charge is 0.231 e. The molecule has 3 aromatic heterocycles. The van der Waals surface area contributed by atoms with Crippen LogP contribution >= 0.6 is 11.8 Å². The van der Waals surface area contributed by atoms with Crippen molar-refractivity contribution in [3.63, 3.8) is 0 Å². The van der Waals surface area contributed by atoms with E-state index in [0.717, 1.165) is 17.0 Å². The number of rotatable bonds is 7. The van der Waals surface area contributed by atoms with Crippen molar-refractivity contribution in [3.8, 4) is 17.1 Å². The van der Waals surface area contributed by atoms with Gasteiger partial charge in [-0.05, 0) is 43.3 Å². The molecule has 4 aromatic rings. The zero-order valence-corrected chi connectivity index (χ0v) is 16.5. The van der Waals surface area contributed by atoms with Crippen molar-refractivity contribution in [2.24, 2.45) is 0 Å². The molecule has 0 aliphatic heterocycles. The van der Waals surface area contributed by atoms with Crippen LogP contribution in [-0.4, -0.2) is 31.4 Å². The average Bonchev–Trinajstić information content (AvgIpc) is 3.44. The molecule has 8 heteroatoms. The number of pyridine rings is 1. The summed E-state index contributed by atoms with van der Waals surface area (Å²) in [6, 6.07) is 17.0. The number of thioether (sulfide) groups is 1. The summed E-state index contributed by atoms with van der Waals surface area (Å²) in [5, 5.41) is 12.3. The van der Waals surface area contributed by atoms with Crippen LogP contribution in [0, 0.1) is 0 Å². The molecule has 0 unspecified atom stereocenters. The Bertz CT molecular complexity index is 1070. The second-order valence-electron chi connectivity index (χ2n) is 6.31. The van der Waals surface area contributed by atoms with E-state index in [4.69, 9.17) is 4.42 Å². The molecule has 0 aliphatic carbocycles. The van der Waals surface area contributed by atoms with E-state index in [2.05, 4.69) is 20.5 Å². The highest BCUT2D eigenvalue weighted by molar-refractivity contribution is 7.99. The molecule has 0 saturated carbocycles. The lowest BCUT2D eigenvalue weighted by Gasteiger charge is -2.12. The van der Waals surface area contributed by atoms with E-state index in [0.29, 0.717) is 11.0 Å². The molecule has 29 heavy (non-hydrogen) atoms. The third-order valence-electron chi connectivity index (χ3n) is 4.27. The Labute approximate surface area is 172 Å². The lowest BCUT2D eigenvalue weighted by molar-refractivity contribution is -0.119. The van der Waals surface area contributed by atoms with E-state index >= 15 is 0 Å². The Balaban J connectivity index is 1.54. The van der Waals surface area contributed by atoms with Gasteiger partial charge in [0.15, 0.2) is 11.0 Å². The fraction of sp³-hybridized carbons (Fsp3) is 0.143. The van der Waals surface area contributed by atoms with Gasteiger partial charge in [-0.25, -0.2) is 0 Å². The molecule has 1 aromatic carbocycles. The molecule has 0 fully saturated rings. The van der Waals surface area contributed by atoms with Crippen molar-refractivity contribution in [3.05, 3.63) is 79.0 Å². The largest absolute Gasteiger partial charge is 0.467 e. The van der Waals surface area contributed by atoms with Gasteiger partial charge in [0.25, 0.3) is 0 Å². The van der Waals surface area contributed by atoms with Crippen LogP contribution in [0.25, 0.3) is 17.1 Å². The number of hydrogen-bond acceptors (Lipinski definition) is 6. The number of carbonyl (C=O) groups excluding carboxylic acids is 1. The molecule has 7 nitrogen and oxygen atoms in total. The molecule has 0 spiro atoms. The Morgan fingerprint density at radius 2 is 1.90 bits per heavy atom. The zero-order valence-electron chi connectivity index (χ0n) is 15.7. The molecular weight excluding hydrogens is 386 g/mol. The van der Waals surface area contributed by atoms with Gasteiger partial charge in [0.1, 0.15) is 5.76 Å². The van der Waals surface area contributed by atoms with Crippen molar-refractivity contribution in [2.45, 2.75) is 18.1 Å². The van der Waals surface area contributed by atoms with Crippen LogP contribution in [0.5, 0.6) is 0 Å². The third-order valence-corrected chi connectivity index (χ3v) is 5.20. The maximum Gasteiger partial charge on any atom is 0.231 e. The normalized spacial score (nSPS) is 11.9. The summed E-state index contributed by atoms with van der Waals surface area (Å²) in [7, 11) is 0. The van der Waals surface area contributed by atoms with Crippen LogP contribution in [0.2, 0.25) is 0 Å². The average molecular weight is 405 g/mol. The molecule has 146 valence electrons. The summed E-state index contributed by atoms with van der Waals surface area (Å²) in [5.41, 5.74) is 1.83. The van der Waals surface area contributed by atoms with Crippen LogP contribution in [0.4, 0.5) is 0 Å². The van der Waals surface area contributed by atoms with Gasteiger partial charge < -0.3 is 9.73 Å². The number of para-hydroxylation sites is 1. The summed E-state index contributed by atoms with van der Waals surface area (Å²) in [6.07, 6.45) is 5.03. The van der Waals surface area contributed by atoms with Gasteiger partial charge in [0.2, 0.25) is 5.91 Å². The van der Waals surface area contributed by atoms with Gasteiger partial charge in [-0.3, -0.25) is 14.3 Å². The lowest BCUT2D eigenvalue weighted by atomic mass is 10.2.